The molecule has 0 saturated carbocycles. The normalized spacial score (nSPS) is 11.1. The molecule has 0 aromatic heterocycles. The Hall–Kier alpha value is -0.120. The molecule has 0 unspecified atom stereocenters. The molecule has 0 aliphatic carbocycles. The largest absolute Gasteiger partial charge is 0.380 e. The highest BCUT2D eigenvalue weighted by Gasteiger charge is 2.01. The number of likely N-dealkylation sites (N-methyl/N-ethyl adjacent to an activating group) is 1. The minimum Gasteiger partial charge on any atom is -0.380 e. The maximum Gasteiger partial charge on any atom is 0.0593 e. The molecule has 3 nitrogen and oxygen atoms in total. The molecule has 0 atom stereocenters. The highest BCUT2D eigenvalue weighted by atomic mass is 16.5. The van der Waals surface area contributed by atoms with Gasteiger partial charge in [-0.3, -0.25) is 4.90 Å². The molecule has 80 valence electrons. The van der Waals surface area contributed by atoms with Crippen LogP contribution in [-0.2, 0) is 4.74 Å². The van der Waals surface area contributed by atoms with Crippen molar-refractivity contribution in [1.82, 2.24) is 10.2 Å². The molecule has 0 fully saturated rings. The van der Waals surface area contributed by atoms with Crippen LogP contribution >= 0.6 is 0 Å². The average Bonchev–Trinajstić information content (AvgIpc) is 2.14. The molecule has 0 aliphatic heterocycles. The van der Waals surface area contributed by atoms with Gasteiger partial charge in [0.05, 0.1) is 6.61 Å². The van der Waals surface area contributed by atoms with Crippen LogP contribution in [0, 0.1) is 0 Å². The summed E-state index contributed by atoms with van der Waals surface area (Å²) in [5, 5.41) is 3.16. The summed E-state index contributed by atoms with van der Waals surface area (Å²) in [5.41, 5.74) is 0. The third-order valence-electron chi connectivity index (χ3n) is 1.97. The van der Waals surface area contributed by atoms with E-state index in [4.69, 9.17) is 4.74 Å². The minimum atomic E-state index is 0.825. The van der Waals surface area contributed by atoms with Crippen LogP contribution in [0.15, 0.2) is 0 Å². The fourth-order valence-electron chi connectivity index (χ4n) is 1.26. The van der Waals surface area contributed by atoms with Gasteiger partial charge in [0.15, 0.2) is 0 Å². The van der Waals surface area contributed by atoms with Crippen molar-refractivity contribution in [2.24, 2.45) is 0 Å². The van der Waals surface area contributed by atoms with Crippen molar-refractivity contribution < 1.29 is 4.74 Å². The van der Waals surface area contributed by atoms with Crippen molar-refractivity contribution in [2.45, 2.75) is 20.3 Å². The summed E-state index contributed by atoms with van der Waals surface area (Å²) < 4.78 is 5.33. The van der Waals surface area contributed by atoms with Gasteiger partial charge in [0.1, 0.15) is 0 Å². The lowest BCUT2D eigenvalue weighted by Crippen LogP contribution is -2.34. The number of hydrogen-bond donors (Lipinski definition) is 1. The topological polar surface area (TPSA) is 24.5 Å². The minimum absolute atomic E-state index is 0.825. The third-order valence-corrected chi connectivity index (χ3v) is 1.97. The van der Waals surface area contributed by atoms with Gasteiger partial charge in [-0.2, -0.15) is 0 Å². The van der Waals surface area contributed by atoms with Crippen LogP contribution in [0.5, 0.6) is 0 Å². The number of hydrogen-bond acceptors (Lipinski definition) is 3. The van der Waals surface area contributed by atoms with E-state index in [1.165, 1.54) is 13.0 Å². The van der Waals surface area contributed by atoms with E-state index in [0.29, 0.717) is 0 Å². The molecular formula is C10H24N2O. The van der Waals surface area contributed by atoms with Crippen LogP contribution in [0.2, 0.25) is 0 Å². The Labute approximate surface area is 82.4 Å². The Kier molecular flexibility index (Phi) is 9.87. The van der Waals surface area contributed by atoms with Gasteiger partial charge < -0.3 is 10.1 Å². The zero-order valence-corrected chi connectivity index (χ0v) is 9.31. The van der Waals surface area contributed by atoms with Crippen molar-refractivity contribution >= 4 is 0 Å². The van der Waals surface area contributed by atoms with Crippen LogP contribution in [0.4, 0.5) is 0 Å². The van der Waals surface area contributed by atoms with E-state index in [9.17, 15) is 0 Å². The van der Waals surface area contributed by atoms with E-state index in [1.807, 2.05) is 14.0 Å². The molecule has 0 saturated heterocycles. The first-order valence-corrected chi connectivity index (χ1v) is 5.29. The monoisotopic (exact) mass is 188 g/mol. The van der Waals surface area contributed by atoms with Gasteiger partial charge >= 0.3 is 0 Å². The summed E-state index contributed by atoms with van der Waals surface area (Å²) >= 11 is 0. The maximum absolute atomic E-state index is 5.33. The summed E-state index contributed by atoms with van der Waals surface area (Å²) in [7, 11) is 1.99. The predicted molar refractivity (Wildman–Crippen MR) is 57.2 cm³/mol. The second-order valence-corrected chi connectivity index (χ2v) is 3.14. The molecule has 3 heteroatoms. The zero-order valence-electron chi connectivity index (χ0n) is 9.31. The Morgan fingerprint density at radius 1 is 1.15 bits per heavy atom. The summed E-state index contributed by atoms with van der Waals surface area (Å²) in [6.45, 7) is 10.4. The molecule has 0 heterocycles. The van der Waals surface area contributed by atoms with E-state index in [1.54, 1.807) is 0 Å². The Morgan fingerprint density at radius 2 is 1.92 bits per heavy atom. The van der Waals surface area contributed by atoms with E-state index in [-0.39, 0.29) is 0 Å². The molecule has 1 N–H and O–H groups in total. The Bertz CT molecular complexity index is 98.9. The zero-order chi connectivity index (χ0) is 9.94. The number of nitrogens with one attached hydrogen (secondary N) is 1. The molecule has 0 aromatic rings. The van der Waals surface area contributed by atoms with Crippen LogP contribution < -0.4 is 5.32 Å². The van der Waals surface area contributed by atoms with Crippen molar-refractivity contribution in [3.05, 3.63) is 0 Å². The molecule has 0 amide bonds. The van der Waals surface area contributed by atoms with Crippen LogP contribution in [0.25, 0.3) is 0 Å². The molecule has 0 radical (unpaired) electrons. The van der Waals surface area contributed by atoms with Gasteiger partial charge in [0.25, 0.3) is 0 Å². The fourth-order valence-corrected chi connectivity index (χ4v) is 1.26. The number of ether oxygens (including phenoxy) is 1. The highest BCUT2D eigenvalue weighted by Crippen LogP contribution is 1.90. The Balaban J connectivity index is 3.41. The van der Waals surface area contributed by atoms with Crippen molar-refractivity contribution in [3.8, 4) is 0 Å². The van der Waals surface area contributed by atoms with Gasteiger partial charge in [0.2, 0.25) is 0 Å². The van der Waals surface area contributed by atoms with Gasteiger partial charge in [-0.1, -0.05) is 6.92 Å². The van der Waals surface area contributed by atoms with Crippen LogP contribution in [0.3, 0.4) is 0 Å². The first-order chi connectivity index (χ1) is 6.35. The number of nitrogens with zero attached hydrogens (tertiary/aromatic N) is 1. The molecule has 0 spiro atoms. The molecular weight excluding hydrogens is 164 g/mol. The first kappa shape index (κ1) is 12.9. The van der Waals surface area contributed by atoms with Crippen LogP contribution in [0.1, 0.15) is 20.3 Å². The van der Waals surface area contributed by atoms with Gasteiger partial charge in [-0.25, -0.2) is 0 Å². The standard InChI is InChI=1S/C10H24N2O/c1-4-7-12(8-6-11-3)9-10-13-5-2/h11H,4-10H2,1-3H3. The molecule has 13 heavy (non-hydrogen) atoms. The van der Waals surface area contributed by atoms with E-state index in [2.05, 4.69) is 17.1 Å². The van der Waals surface area contributed by atoms with Crippen molar-refractivity contribution in [1.29, 1.82) is 0 Å². The van der Waals surface area contributed by atoms with Gasteiger partial charge in [-0.05, 0) is 26.9 Å². The van der Waals surface area contributed by atoms with E-state index < -0.39 is 0 Å². The SMILES string of the molecule is CCCN(CCNC)CCOCC. The summed E-state index contributed by atoms with van der Waals surface area (Å²) in [6, 6.07) is 0. The second kappa shape index (κ2) is 9.96. The van der Waals surface area contributed by atoms with Gasteiger partial charge in [-0.15, -0.1) is 0 Å². The second-order valence-electron chi connectivity index (χ2n) is 3.14. The highest BCUT2D eigenvalue weighted by molar-refractivity contribution is 4.57. The summed E-state index contributed by atoms with van der Waals surface area (Å²) in [5.74, 6) is 0. The van der Waals surface area contributed by atoms with E-state index >= 15 is 0 Å². The van der Waals surface area contributed by atoms with Gasteiger partial charge in [0, 0.05) is 26.2 Å². The number of rotatable bonds is 9. The Morgan fingerprint density at radius 3 is 2.46 bits per heavy atom. The first-order valence-electron chi connectivity index (χ1n) is 5.29. The predicted octanol–water partition coefficient (Wildman–Crippen LogP) is 0.954. The maximum atomic E-state index is 5.33. The smallest absolute Gasteiger partial charge is 0.0593 e. The van der Waals surface area contributed by atoms with Crippen molar-refractivity contribution in [3.63, 3.8) is 0 Å². The molecule has 0 bridgehead atoms. The molecule has 0 aliphatic rings. The third kappa shape index (κ3) is 8.22. The lowest BCUT2D eigenvalue weighted by atomic mass is 10.4. The quantitative estimate of drug-likeness (QED) is 0.545. The van der Waals surface area contributed by atoms with E-state index in [0.717, 1.165) is 32.8 Å². The molecule has 0 rings (SSSR count). The summed E-state index contributed by atoms with van der Waals surface area (Å²) in [4.78, 5) is 2.44. The van der Waals surface area contributed by atoms with Crippen molar-refractivity contribution in [2.75, 3.05) is 46.4 Å². The lowest BCUT2D eigenvalue weighted by Gasteiger charge is -2.21. The van der Waals surface area contributed by atoms with Crippen LogP contribution in [-0.4, -0.2) is 51.3 Å². The fraction of sp³-hybridized carbons (Fsp3) is 1.00. The lowest BCUT2D eigenvalue weighted by molar-refractivity contribution is 0.114. The summed E-state index contributed by atoms with van der Waals surface area (Å²) in [6.07, 6.45) is 1.22. The average molecular weight is 188 g/mol. The molecule has 0 aromatic carbocycles.